The van der Waals surface area contributed by atoms with Crippen molar-refractivity contribution in [2.24, 2.45) is 0 Å². The Morgan fingerprint density at radius 1 is 1.24 bits per heavy atom. The minimum atomic E-state index is -0.309. The molecular weight excluding hydrogens is 267 g/mol. The summed E-state index contributed by atoms with van der Waals surface area (Å²) in [4.78, 5) is 22.4. The van der Waals surface area contributed by atoms with Crippen LogP contribution in [0.2, 0.25) is 0 Å². The SMILES string of the molecule is Bc1ccc(Oc2cccc(CC(=O)OC)c2)c(C=O)c1. The van der Waals surface area contributed by atoms with Crippen molar-refractivity contribution in [1.82, 2.24) is 0 Å². The number of hydrogen-bond donors (Lipinski definition) is 0. The molecule has 106 valence electrons. The number of aldehydes is 1. The highest BCUT2D eigenvalue weighted by molar-refractivity contribution is 6.32. The maximum atomic E-state index is 11.3. The van der Waals surface area contributed by atoms with E-state index in [1.807, 2.05) is 20.0 Å². The van der Waals surface area contributed by atoms with E-state index in [9.17, 15) is 9.59 Å². The Bertz CT molecular complexity index is 667. The molecule has 0 fully saturated rings. The standard InChI is InChI=1S/C16H15BO4/c1-20-16(19)8-11-3-2-4-14(7-11)21-15-6-5-13(17)9-12(15)10-18/h2-7,9-10H,8,17H2,1H3. The zero-order valence-electron chi connectivity index (χ0n) is 12.0. The molecule has 2 aromatic rings. The van der Waals surface area contributed by atoms with Crippen molar-refractivity contribution in [3.63, 3.8) is 0 Å². The summed E-state index contributed by atoms with van der Waals surface area (Å²) in [5.41, 5.74) is 2.27. The first kappa shape index (κ1) is 14.8. The summed E-state index contributed by atoms with van der Waals surface area (Å²) in [5.74, 6) is 0.755. The van der Waals surface area contributed by atoms with Crippen LogP contribution in [-0.2, 0) is 16.0 Å². The third-order valence-corrected chi connectivity index (χ3v) is 2.99. The van der Waals surface area contributed by atoms with E-state index >= 15 is 0 Å². The van der Waals surface area contributed by atoms with E-state index in [4.69, 9.17) is 4.74 Å². The maximum Gasteiger partial charge on any atom is 0.309 e. The van der Waals surface area contributed by atoms with Crippen LogP contribution in [0.15, 0.2) is 42.5 Å². The average molecular weight is 282 g/mol. The summed E-state index contributed by atoms with van der Waals surface area (Å²) < 4.78 is 10.4. The normalized spacial score (nSPS) is 9.95. The van der Waals surface area contributed by atoms with Gasteiger partial charge in [-0.1, -0.05) is 29.7 Å². The fourth-order valence-electron chi connectivity index (χ4n) is 1.94. The van der Waals surface area contributed by atoms with Gasteiger partial charge in [0.05, 0.1) is 19.1 Å². The fourth-order valence-corrected chi connectivity index (χ4v) is 1.94. The van der Waals surface area contributed by atoms with Crippen LogP contribution in [0.3, 0.4) is 0 Å². The predicted octanol–water partition coefficient (Wildman–Crippen LogP) is 1.27. The van der Waals surface area contributed by atoms with E-state index in [0.717, 1.165) is 17.3 Å². The van der Waals surface area contributed by atoms with Crippen LogP contribution in [0.5, 0.6) is 11.5 Å². The first-order valence-corrected chi connectivity index (χ1v) is 6.52. The molecule has 0 bridgehead atoms. The second-order valence-electron chi connectivity index (χ2n) is 4.66. The Morgan fingerprint density at radius 2 is 2.05 bits per heavy atom. The van der Waals surface area contributed by atoms with Gasteiger partial charge >= 0.3 is 5.97 Å². The molecule has 2 aromatic carbocycles. The van der Waals surface area contributed by atoms with Crippen LogP contribution in [0.1, 0.15) is 15.9 Å². The number of methoxy groups -OCH3 is 1. The summed E-state index contributed by atoms with van der Waals surface area (Å²) >= 11 is 0. The van der Waals surface area contributed by atoms with Gasteiger partial charge in [0.25, 0.3) is 0 Å². The van der Waals surface area contributed by atoms with Crippen molar-refractivity contribution in [1.29, 1.82) is 0 Å². The smallest absolute Gasteiger partial charge is 0.309 e. The van der Waals surface area contributed by atoms with Gasteiger partial charge in [0, 0.05) is 0 Å². The third-order valence-electron chi connectivity index (χ3n) is 2.99. The number of esters is 1. The molecule has 0 aliphatic carbocycles. The molecule has 0 aliphatic rings. The summed E-state index contributed by atoms with van der Waals surface area (Å²) in [6, 6.07) is 12.5. The van der Waals surface area contributed by atoms with E-state index in [1.165, 1.54) is 7.11 Å². The van der Waals surface area contributed by atoms with Crippen molar-refractivity contribution in [3.8, 4) is 11.5 Å². The van der Waals surface area contributed by atoms with Crippen molar-refractivity contribution >= 4 is 25.6 Å². The lowest BCUT2D eigenvalue weighted by atomic mass is 9.94. The van der Waals surface area contributed by atoms with Gasteiger partial charge in [0.2, 0.25) is 0 Å². The van der Waals surface area contributed by atoms with Gasteiger partial charge < -0.3 is 9.47 Å². The topological polar surface area (TPSA) is 52.6 Å². The number of carbonyl (C=O) groups is 2. The molecule has 0 amide bonds. The van der Waals surface area contributed by atoms with Crippen molar-refractivity contribution < 1.29 is 19.1 Å². The molecule has 2 rings (SSSR count). The fraction of sp³-hybridized carbons (Fsp3) is 0.125. The van der Waals surface area contributed by atoms with Gasteiger partial charge in [-0.3, -0.25) is 9.59 Å². The number of hydrogen-bond acceptors (Lipinski definition) is 4. The summed E-state index contributed by atoms with van der Waals surface area (Å²) in [6.45, 7) is 0. The van der Waals surface area contributed by atoms with Gasteiger partial charge in [0.1, 0.15) is 19.3 Å². The molecule has 0 saturated carbocycles. The number of rotatable bonds is 5. The van der Waals surface area contributed by atoms with Gasteiger partial charge in [-0.25, -0.2) is 0 Å². The molecule has 0 aromatic heterocycles. The molecule has 0 saturated heterocycles. The number of ether oxygens (including phenoxy) is 2. The summed E-state index contributed by atoms with van der Waals surface area (Å²) in [7, 11) is 3.26. The first-order valence-electron chi connectivity index (χ1n) is 6.52. The Hall–Kier alpha value is -2.56. The average Bonchev–Trinajstić information content (AvgIpc) is 2.49. The van der Waals surface area contributed by atoms with E-state index in [0.29, 0.717) is 17.1 Å². The van der Waals surface area contributed by atoms with Gasteiger partial charge in [-0.15, -0.1) is 0 Å². The first-order chi connectivity index (χ1) is 10.1. The van der Waals surface area contributed by atoms with Crippen LogP contribution in [0, 0.1) is 0 Å². The Labute approximate surface area is 124 Å². The largest absolute Gasteiger partial charge is 0.469 e. The van der Waals surface area contributed by atoms with E-state index in [1.54, 1.807) is 30.3 Å². The van der Waals surface area contributed by atoms with Crippen LogP contribution in [0.4, 0.5) is 0 Å². The molecule has 0 unspecified atom stereocenters. The maximum absolute atomic E-state index is 11.3. The molecule has 0 heterocycles. The summed E-state index contributed by atoms with van der Waals surface area (Å²) in [5, 5.41) is 0. The number of benzene rings is 2. The Kier molecular flexibility index (Phi) is 4.77. The third kappa shape index (κ3) is 3.95. The molecule has 4 nitrogen and oxygen atoms in total. The molecule has 0 aliphatic heterocycles. The quantitative estimate of drug-likeness (QED) is 0.471. The highest BCUT2D eigenvalue weighted by atomic mass is 16.5. The van der Waals surface area contributed by atoms with Crippen molar-refractivity contribution in [3.05, 3.63) is 53.6 Å². The molecular formula is C16H15BO4. The molecule has 21 heavy (non-hydrogen) atoms. The molecule has 0 radical (unpaired) electrons. The van der Waals surface area contributed by atoms with Gasteiger partial charge in [-0.2, -0.15) is 0 Å². The minimum Gasteiger partial charge on any atom is -0.469 e. The highest BCUT2D eigenvalue weighted by Gasteiger charge is 2.07. The van der Waals surface area contributed by atoms with Crippen LogP contribution >= 0.6 is 0 Å². The zero-order valence-corrected chi connectivity index (χ0v) is 12.0. The number of carbonyl (C=O) groups excluding carboxylic acids is 2. The lowest BCUT2D eigenvalue weighted by Crippen LogP contribution is -2.05. The van der Waals surface area contributed by atoms with Crippen LogP contribution in [-0.4, -0.2) is 27.2 Å². The Balaban J connectivity index is 2.22. The monoisotopic (exact) mass is 282 g/mol. The van der Waals surface area contributed by atoms with E-state index in [-0.39, 0.29) is 12.4 Å². The second kappa shape index (κ2) is 6.75. The molecule has 0 spiro atoms. The molecule has 0 N–H and O–H groups in total. The minimum absolute atomic E-state index is 0.183. The highest BCUT2D eigenvalue weighted by Crippen LogP contribution is 2.24. The Morgan fingerprint density at radius 3 is 2.76 bits per heavy atom. The van der Waals surface area contributed by atoms with Crippen LogP contribution < -0.4 is 10.2 Å². The van der Waals surface area contributed by atoms with E-state index < -0.39 is 0 Å². The van der Waals surface area contributed by atoms with Crippen molar-refractivity contribution in [2.45, 2.75) is 6.42 Å². The second-order valence-corrected chi connectivity index (χ2v) is 4.66. The summed E-state index contributed by atoms with van der Waals surface area (Å²) in [6.07, 6.45) is 0.947. The lowest BCUT2D eigenvalue weighted by molar-refractivity contribution is -0.139. The molecule has 0 atom stereocenters. The van der Waals surface area contributed by atoms with Gasteiger partial charge in [0.15, 0.2) is 6.29 Å². The van der Waals surface area contributed by atoms with Crippen LogP contribution in [0.25, 0.3) is 0 Å². The van der Waals surface area contributed by atoms with Crippen molar-refractivity contribution in [2.75, 3.05) is 7.11 Å². The molecule has 5 heteroatoms. The van der Waals surface area contributed by atoms with Gasteiger partial charge in [-0.05, 0) is 23.8 Å². The van der Waals surface area contributed by atoms with E-state index in [2.05, 4.69) is 4.74 Å². The zero-order chi connectivity index (χ0) is 15.2. The lowest BCUT2D eigenvalue weighted by Gasteiger charge is -2.10. The predicted molar refractivity (Wildman–Crippen MR) is 82.2 cm³/mol.